The van der Waals surface area contributed by atoms with Gasteiger partial charge in [-0.25, -0.2) is 9.37 Å². The molecule has 0 saturated carbocycles. The summed E-state index contributed by atoms with van der Waals surface area (Å²) >= 11 is 6.20. The number of ether oxygens (including phenoxy) is 1. The number of carbonyl (C=O) groups excluding carboxylic acids is 1. The first-order valence-corrected chi connectivity index (χ1v) is 15.3. The lowest BCUT2D eigenvalue weighted by Gasteiger charge is -2.33. The SMILES string of the molecule is CN(C)c1ccc(-c2ccc(C[C@H](N)[C@@H](O)C[C@@H](Cc3ccccc3F)C(=O)N[C@H]3c4cc(Cl)ccc4OC[C@H]3O)cc2)cn1. The van der Waals surface area contributed by atoms with Gasteiger partial charge in [-0.3, -0.25) is 4.79 Å². The number of anilines is 1. The van der Waals surface area contributed by atoms with Gasteiger partial charge in [0.05, 0.1) is 12.1 Å². The zero-order valence-electron chi connectivity index (χ0n) is 25.2. The lowest BCUT2D eigenvalue weighted by Crippen LogP contribution is -2.46. The molecule has 0 radical (unpaired) electrons. The highest BCUT2D eigenvalue weighted by Crippen LogP contribution is 2.35. The van der Waals surface area contributed by atoms with Crippen molar-refractivity contribution in [3.63, 3.8) is 0 Å². The van der Waals surface area contributed by atoms with Crippen molar-refractivity contribution in [3.8, 4) is 16.9 Å². The fourth-order valence-corrected chi connectivity index (χ4v) is 5.74. The van der Waals surface area contributed by atoms with Crippen molar-refractivity contribution in [1.29, 1.82) is 0 Å². The third-order valence-electron chi connectivity index (χ3n) is 8.18. The lowest BCUT2D eigenvalue weighted by atomic mass is 9.88. The van der Waals surface area contributed by atoms with E-state index in [-0.39, 0.29) is 19.4 Å². The van der Waals surface area contributed by atoms with Crippen LogP contribution in [-0.2, 0) is 17.6 Å². The molecule has 0 bridgehead atoms. The second kappa shape index (κ2) is 14.4. The molecule has 5 atom stereocenters. The van der Waals surface area contributed by atoms with Crippen LogP contribution in [-0.4, -0.2) is 60.1 Å². The van der Waals surface area contributed by atoms with Gasteiger partial charge >= 0.3 is 0 Å². The van der Waals surface area contributed by atoms with Crippen LogP contribution in [0.15, 0.2) is 85.1 Å². The number of aliphatic hydroxyl groups is 2. The Balaban J connectivity index is 1.29. The van der Waals surface area contributed by atoms with Gasteiger partial charge in [0.1, 0.15) is 30.1 Å². The number of aliphatic hydroxyl groups excluding tert-OH is 2. The van der Waals surface area contributed by atoms with Crippen molar-refractivity contribution >= 4 is 23.3 Å². The van der Waals surface area contributed by atoms with Gasteiger partial charge in [0.25, 0.3) is 0 Å². The average Bonchev–Trinajstić information content (AvgIpc) is 3.03. The topological polar surface area (TPSA) is 121 Å². The molecule has 1 amide bonds. The van der Waals surface area contributed by atoms with E-state index in [1.165, 1.54) is 6.07 Å². The number of rotatable bonds is 11. The Hall–Kier alpha value is -4.02. The summed E-state index contributed by atoms with van der Waals surface area (Å²) in [5.41, 5.74) is 10.3. The van der Waals surface area contributed by atoms with E-state index in [1.54, 1.807) is 36.4 Å². The molecule has 1 aromatic heterocycles. The molecule has 0 fully saturated rings. The summed E-state index contributed by atoms with van der Waals surface area (Å²) in [6.45, 7) is -0.0121. The first kappa shape index (κ1) is 32.4. The molecule has 236 valence electrons. The fraction of sp³-hybridized carbons (Fsp3) is 0.314. The molecule has 5 rings (SSSR count). The van der Waals surface area contributed by atoms with Gasteiger partial charge in [-0.05, 0) is 72.4 Å². The maximum absolute atomic E-state index is 14.7. The van der Waals surface area contributed by atoms with Gasteiger partial charge in [0, 0.05) is 48.4 Å². The minimum absolute atomic E-state index is 0.00890. The maximum Gasteiger partial charge on any atom is 0.224 e. The Morgan fingerprint density at radius 2 is 1.82 bits per heavy atom. The number of nitrogens with two attached hydrogens (primary N) is 1. The predicted molar refractivity (Wildman–Crippen MR) is 174 cm³/mol. The molecule has 1 aliphatic rings. The van der Waals surface area contributed by atoms with Gasteiger partial charge in [-0.2, -0.15) is 0 Å². The highest BCUT2D eigenvalue weighted by Gasteiger charge is 2.34. The third-order valence-corrected chi connectivity index (χ3v) is 8.41. The minimum atomic E-state index is -1.06. The largest absolute Gasteiger partial charge is 0.490 e. The molecular formula is C35H38ClFN4O4. The number of carbonyl (C=O) groups is 1. The molecule has 1 aliphatic heterocycles. The Kier molecular flexibility index (Phi) is 10.4. The molecule has 2 heterocycles. The van der Waals surface area contributed by atoms with Crippen LogP contribution in [0.2, 0.25) is 5.02 Å². The van der Waals surface area contributed by atoms with E-state index < -0.39 is 41.9 Å². The van der Waals surface area contributed by atoms with Crippen molar-refractivity contribution < 1.29 is 24.1 Å². The molecule has 8 nitrogen and oxygen atoms in total. The van der Waals surface area contributed by atoms with Crippen LogP contribution in [0.25, 0.3) is 11.1 Å². The minimum Gasteiger partial charge on any atom is -0.490 e. The third kappa shape index (κ3) is 7.99. The van der Waals surface area contributed by atoms with Gasteiger partial charge < -0.3 is 30.9 Å². The maximum atomic E-state index is 14.7. The van der Waals surface area contributed by atoms with Crippen LogP contribution in [0.5, 0.6) is 5.75 Å². The smallest absolute Gasteiger partial charge is 0.224 e. The molecule has 0 saturated heterocycles. The second-order valence-electron chi connectivity index (χ2n) is 11.7. The molecule has 3 aromatic carbocycles. The molecule has 0 aliphatic carbocycles. The van der Waals surface area contributed by atoms with E-state index in [9.17, 15) is 19.4 Å². The summed E-state index contributed by atoms with van der Waals surface area (Å²) in [5, 5.41) is 25.3. The van der Waals surface area contributed by atoms with Crippen LogP contribution in [0.3, 0.4) is 0 Å². The van der Waals surface area contributed by atoms with Gasteiger partial charge in [-0.1, -0.05) is 54.1 Å². The number of benzene rings is 3. The number of aromatic nitrogens is 1. The van der Waals surface area contributed by atoms with Crippen molar-refractivity contribution in [2.24, 2.45) is 11.7 Å². The van der Waals surface area contributed by atoms with E-state index in [4.69, 9.17) is 22.1 Å². The van der Waals surface area contributed by atoms with Gasteiger partial charge in [0.15, 0.2) is 0 Å². The number of hydrogen-bond acceptors (Lipinski definition) is 7. The first-order valence-electron chi connectivity index (χ1n) is 14.9. The van der Waals surface area contributed by atoms with Crippen LogP contribution in [0.1, 0.15) is 29.2 Å². The quantitative estimate of drug-likeness (QED) is 0.189. The van der Waals surface area contributed by atoms with Crippen LogP contribution in [0, 0.1) is 11.7 Å². The number of fused-ring (bicyclic) bond motifs is 1. The van der Waals surface area contributed by atoms with Crippen LogP contribution < -0.4 is 20.7 Å². The zero-order chi connectivity index (χ0) is 32.1. The van der Waals surface area contributed by atoms with Crippen molar-refractivity contribution in [2.75, 3.05) is 25.6 Å². The standard InChI is InChI=1S/C35H38ClFN4O4/c1-41(2)33-14-11-24(19-39-33)22-9-7-21(8-10-22)15-29(38)30(42)17-25(16-23-5-3-4-6-28(23)37)35(44)40-34-27-18-26(36)12-13-32(27)45-20-31(34)43/h3-14,18-19,25,29-31,34,42-43H,15-17,20,38H2,1-2H3,(H,40,44)/t25-,29+,30+,31-,34+/m1/s1. The Labute approximate surface area is 267 Å². The highest BCUT2D eigenvalue weighted by atomic mass is 35.5. The van der Waals surface area contributed by atoms with Crippen molar-refractivity contribution in [3.05, 3.63) is 113 Å². The molecule has 0 spiro atoms. The Morgan fingerprint density at radius 3 is 2.51 bits per heavy atom. The van der Waals surface area contributed by atoms with Crippen LogP contribution >= 0.6 is 11.6 Å². The van der Waals surface area contributed by atoms with E-state index in [2.05, 4.69) is 10.3 Å². The molecule has 10 heteroatoms. The molecular weight excluding hydrogens is 595 g/mol. The number of hydrogen-bond donors (Lipinski definition) is 4. The van der Waals surface area contributed by atoms with Crippen LogP contribution in [0.4, 0.5) is 10.2 Å². The summed E-state index contributed by atoms with van der Waals surface area (Å²) in [4.78, 5) is 20.1. The number of pyridine rings is 1. The zero-order valence-corrected chi connectivity index (χ0v) is 26.0. The normalized spacial score (nSPS) is 17.8. The van der Waals surface area contributed by atoms with E-state index in [0.717, 1.165) is 22.5 Å². The fourth-order valence-electron chi connectivity index (χ4n) is 5.56. The molecule has 5 N–H and O–H groups in total. The van der Waals surface area contributed by atoms with Gasteiger partial charge in [0.2, 0.25) is 5.91 Å². The van der Waals surface area contributed by atoms with E-state index >= 15 is 0 Å². The Bertz CT molecular complexity index is 1600. The van der Waals surface area contributed by atoms with Crippen molar-refractivity contribution in [1.82, 2.24) is 10.3 Å². The number of nitrogens with one attached hydrogen (secondary N) is 1. The first-order chi connectivity index (χ1) is 21.6. The predicted octanol–water partition coefficient (Wildman–Crippen LogP) is 4.70. The highest BCUT2D eigenvalue weighted by molar-refractivity contribution is 6.30. The summed E-state index contributed by atoms with van der Waals surface area (Å²) in [5.74, 6) is -0.338. The van der Waals surface area contributed by atoms with Gasteiger partial charge in [-0.15, -0.1) is 0 Å². The van der Waals surface area contributed by atoms with Crippen molar-refractivity contribution in [2.45, 2.75) is 43.6 Å². The van der Waals surface area contributed by atoms with E-state index in [0.29, 0.717) is 28.3 Å². The number of halogens is 2. The summed E-state index contributed by atoms with van der Waals surface area (Å²) in [6.07, 6.45) is 0.150. The summed E-state index contributed by atoms with van der Waals surface area (Å²) < 4.78 is 20.3. The van der Waals surface area contributed by atoms with E-state index in [1.807, 2.05) is 61.6 Å². The molecule has 45 heavy (non-hydrogen) atoms. The molecule has 4 aromatic rings. The molecule has 0 unspecified atom stereocenters. The second-order valence-corrected chi connectivity index (χ2v) is 12.1. The average molecular weight is 633 g/mol. The number of amides is 1. The number of nitrogens with zero attached hydrogens (tertiary/aromatic N) is 2. The summed E-state index contributed by atoms with van der Waals surface area (Å²) in [6, 6.07) is 21.6. The summed E-state index contributed by atoms with van der Waals surface area (Å²) in [7, 11) is 3.88. The Morgan fingerprint density at radius 1 is 1.09 bits per heavy atom. The lowest BCUT2D eigenvalue weighted by molar-refractivity contribution is -0.128. The monoisotopic (exact) mass is 632 g/mol.